The SMILES string of the molecule is O=C(NCCc1c(F)cccc1F)[C@@]12CCCC[C@H]1CNC2. The molecule has 1 saturated carbocycles. The molecule has 2 fully saturated rings. The molecule has 1 aliphatic carbocycles. The summed E-state index contributed by atoms with van der Waals surface area (Å²) in [5.74, 6) is -0.665. The van der Waals surface area contributed by atoms with Crippen molar-refractivity contribution < 1.29 is 13.6 Å². The van der Waals surface area contributed by atoms with E-state index in [2.05, 4.69) is 10.6 Å². The van der Waals surface area contributed by atoms with Gasteiger partial charge in [0.05, 0.1) is 5.41 Å². The number of fused-ring (bicyclic) bond motifs is 1. The molecule has 22 heavy (non-hydrogen) atoms. The van der Waals surface area contributed by atoms with Gasteiger partial charge in [-0.2, -0.15) is 0 Å². The van der Waals surface area contributed by atoms with Gasteiger partial charge in [-0.1, -0.05) is 18.9 Å². The van der Waals surface area contributed by atoms with Crippen molar-refractivity contribution in [2.45, 2.75) is 32.1 Å². The fourth-order valence-electron chi connectivity index (χ4n) is 3.94. The highest BCUT2D eigenvalue weighted by molar-refractivity contribution is 5.83. The van der Waals surface area contributed by atoms with Gasteiger partial charge in [0.25, 0.3) is 0 Å². The molecule has 0 spiro atoms. The lowest BCUT2D eigenvalue weighted by Gasteiger charge is -2.37. The average Bonchev–Trinajstić information content (AvgIpc) is 2.95. The Labute approximate surface area is 129 Å². The van der Waals surface area contributed by atoms with Gasteiger partial charge in [0.2, 0.25) is 5.91 Å². The largest absolute Gasteiger partial charge is 0.355 e. The molecule has 1 aromatic rings. The summed E-state index contributed by atoms with van der Waals surface area (Å²) in [5.41, 5.74) is -0.267. The van der Waals surface area contributed by atoms with Crippen LogP contribution in [0, 0.1) is 23.0 Å². The number of carbonyl (C=O) groups is 1. The molecule has 1 saturated heterocycles. The van der Waals surface area contributed by atoms with Crippen molar-refractivity contribution in [3.05, 3.63) is 35.4 Å². The average molecular weight is 308 g/mol. The number of nitrogens with one attached hydrogen (secondary N) is 2. The van der Waals surface area contributed by atoms with Crippen LogP contribution in [-0.2, 0) is 11.2 Å². The molecule has 0 aromatic heterocycles. The van der Waals surface area contributed by atoms with Crippen LogP contribution in [0.4, 0.5) is 8.78 Å². The predicted octanol–water partition coefficient (Wildman–Crippen LogP) is 2.40. The lowest BCUT2D eigenvalue weighted by Crippen LogP contribution is -2.48. The van der Waals surface area contributed by atoms with Gasteiger partial charge in [-0.05, 0) is 43.9 Å². The topological polar surface area (TPSA) is 41.1 Å². The van der Waals surface area contributed by atoms with Crippen LogP contribution in [0.25, 0.3) is 0 Å². The minimum atomic E-state index is -0.550. The van der Waals surface area contributed by atoms with Crippen molar-refractivity contribution in [3.8, 4) is 0 Å². The molecule has 0 radical (unpaired) electrons. The van der Waals surface area contributed by atoms with Crippen molar-refractivity contribution in [2.75, 3.05) is 19.6 Å². The molecule has 3 rings (SSSR count). The van der Waals surface area contributed by atoms with Crippen molar-refractivity contribution in [1.82, 2.24) is 10.6 Å². The molecule has 0 unspecified atom stereocenters. The van der Waals surface area contributed by atoms with Crippen LogP contribution in [0.3, 0.4) is 0 Å². The van der Waals surface area contributed by atoms with Crippen molar-refractivity contribution in [1.29, 1.82) is 0 Å². The first-order valence-corrected chi connectivity index (χ1v) is 8.05. The summed E-state index contributed by atoms with van der Waals surface area (Å²) in [7, 11) is 0. The zero-order chi connectivity index (χ0) is 15.6. The summed E-state index contributed by atoms with van der Waals surface area (Å²) in [6, 6.07) is 3.84. The number of carbonyl (C=O) groups excluding carboxylic acids is 1. The van der Waals surface area contributed by atoms with Gasteiger partial charge < -0.3 is 10.6 Å². The van der Waals surface area contributed by atoms with E-state index in [1.807, 2.05) is 0 Å². The van der Waals surface area contributed by atoms with Gasteiger partial charge in [-0.25, -0.2) is 8.78 Å². The lowest BCUT2D eigenvalue weighted by atomic mass is 9.67. The van der Waals surface area contributed by atoms with Crippen molar-refractivity contribution in [3.63, 3.8) is 0 Å². The number of benzene rings is 1. The highest BCUT2D eigenvalue weighted by Gasteiger charge is 2.49. The lowest BCUT2D eigenvalue weighted by molar-refractivity contribution is -0.133. The van der Waals surface area contributed by atoms with Gasteiger partial charge in [0, 0.05) is 18.7 Å². The Balaban J connectivity index is 1.61. The highest BCUT2D eigenvalue weighted by Crippen LogP contribution is 2.43. The van der Waals surface area contributed by atoms with Gasteiger partial charge in [-0.3, -0.25) is 4.79 Å². The quantitative estimate of drug-likeness (QED) is 0.897. The van der Waals surface area contributed by atoms with Crippen LogP contribution >= 0.6 is 0 Å². The summed E-state index contributed by atoms with van der Waals surface area (Å²) in [4.78, 5) is 12.6. The van der Waals surface area contributed by atoms with Crippen LogP contribution in [-0.4, -0.2) is 25.5 Å². The van der Waals surface area contributed by atoms with Gasteiger partial charge in [-0.15, -0.1) is 0 Å². The molecular weight excluding hydrogens is 286 g/mol. The molecule has 5 heteroatoms. The Morgan fingerprint density at radius 2 is 2.09 bits per heavy atom. The van der Waals surface area contributed by atoms with Crippen LogP contribution in [0.15, 0.2) is 18.2 Å². The Morgan fingerprint density at radius 3 is 2.86 bits per heavy atom. The first kappa shape index (κ1) is 15.4. The summed E-state index contributed by atoms with van der Waals surface area (Å²) in [6.45, 7) is 1.89. The maximum atomic E-state index is 13.6. The molecule has 120 valence electrons. The smallest absolute Gasteiger partial charge is 0.227 e. The fraction of sp³-hybridized carbons (Fsp3) is 0.588. The molecule has 1 amide bonds. The third kappa shape index (κ3) is 2.74. The van der Waals surface area contributed by atoms with E-state index in [1.54, 1.807) is 0 Å². The molecule has 3 nitrogen and oxygen atoms in total. The highest BCUT2D eigenvalue weighted by atomic mass is 19.1. The van der Waals surface area contributed by atoms with Gasteiger partial charge >= 0.3 is 0 Å². The first-order chi connectivity index (χ1) is 10.6. The molecular formula is C17H22F2N2O. The first-order valence-electron chi connectivity index (χ1n) is 8.05. The summed E-state index contributed by atoms with van der Waals surface area (Å²) < 4.78 is 27.2. The number of halogens is 2. The molecule has 2 N–H and O–H groups in total. The van der Waals surface area contributed by atoms with E-state index in [0.29, 0.717) is 5.92 Å². The van der Waals surface area contributed by atoms with E-state index < -0.39 is 11.6 Å². The molecule has 0 bridgehead atoms. The Kier molecular flexibility index (Phi) is 4.43. The van der Waals surface area contributed by atoms with Gasteiger partial charge in [0.15, 0.2) is 0 Å². The minimum absolute atomic E-state index is 0.0407. The monoisotopic (exact) mass is 308 g/mol. The van der Waals surface area contributed by atoms with E-state index in [0.717, 1.165) is 32.4 Å². The maximum Gasteiger partial charge on any atom is 0.227 e. The molecule has 1 aliphatic heterocycles. The zero-order valence-corrected chi connectivity index (χ0v) is 12.6. The summed E-state index contributed by atoms with van der Waals surface area (Å²) in [6.07, 6.45) is 4.43. The van der Waals surface area contributed by atoms with Crippen LogP contribution in [0.2, 0.25) is 0 Å². The molecule has 2 atom stereocenters. The number of rotatable bonds is 4. The van der Waals surface area contributed by atoms with E-state index in [-0.39, 0.29) is 29.9 Å². The summed E-state index contributed by atoms with van der Waals surface area (Å²) >= 11 is 0. The number of hydrogen-bond donors (Lipinski definition) is 2. The van der Waals surface area contributed by atoms with Crippen LogP contribution < -0.4 is 10.6 Å². The predicted molar refractivity (Wildman–Crippen MR) is 80.3 cm³/mol. The van der Waals surface area contributed by atoms with E-state index in [1.165, 1.54) is 24.6 Å². The Hall–Kier alpha value is -1.49. The minimum Gasteiger partial charge on any atom is -0.355 e. The normalized spacial score (nSPS) is 27.5. The third-order valence-electron chi connectivity index (χ3n) is 5.21. The molecule has 2 aliphatic rings. The van der Waals surface area contributed by atoms with Crippen molar-refractivity contribution in [2.24, 2.45) is 11.3 Å². The van der Waals surface area contributed by atoms with E-state index >= 15 is 0 Å². The second-order valence-electron chi connectivity index (χ2n) is 6.44. The zero-order valence-electron chi connectivity index (χ0n) is 12.6. The van der Waals surface area contributed by atoms with Gasteiger partial charge in [0.1, 0.15) is 11.6 Å². The van der Waals surface area contributed by atoms with Crippen molar-refractivity contribution >= 4 is 5.91 Å². The Morgan fingerprint density at radius 1 is 1.32 bits per heavy atom. The van der Waals surface area contributed by atoms with E-state index in [9.17, 15) is 13.6 Å². The van der Waals surface area contributed by atoms with Crippen LogP contribution in [0.1, 0.15) is 31.2 Å². The Bertz CT molecular complexity index is 543. The van der Waals surface area contributed by atoms with E-state index in [4.69, 9.17) is 0 Å². The molecule has 1 aromatic carbocycles. The second-order valence-corrected chi connectivity index (χ2v) is 6.44. The number of hydrogen-bond acceptors (Lipinski definition) is 2. The van der Waals surface area contributed by atoms with Crippen LogP contribution in [0.5, 0.6) is 0 Å². The maximum absolute atomic E-state index is 13.6. The number of amides is 1. The fourth-order valence-corrected chi connectivity index (χ4v) is 3.94. The molecule has 1 heterocycles. The summed E-state index contributed by atoms with van der Waals surface area (Å²) in [5, 5.41) is 6.24. The second kappa shape index (κ2) is 6.32. The third-order valence-corrected chi connectivity index (χ3v) is 5.21. The standard InChI is InChI=1S/C17H22F2N2O/c18-14-5-3-6-15(19)13(14)7-9-21-16(22)17-8-2-1-4-12(17)10-20-11-17/h3,5-6,12,20H,1-2,4,7-11H2,(H,21,22)/t12-,17+/m0/s1.